The molecule has 3 rings (SSSR count). The van der Waals surface area contributed by atoms with Gasteiger partial charge in [-0.3, -0.25) is 0 Å². The van der Waals surface area contributed by atoms with Crippen molar-refractivity contribution in [3.8, 4) is 34.5 Å². The molecule has 0 amide bonds. The van der Waals surface area contributed by atoms with E-state index in [0.29, 0.717) is 17.6 Å². The number of hydrogen-bond donors (Lipinski definition) is 7. The molecule has 1 atom stereocenters. The number of phenolic OH excluding ortho intramolecular Hbond substituents is 6. The number of aromatic hydroxyl groups is 6. The first-order valence-corrected chi connectivity index (χ1v) is 9.07. The standard InChI is InChI=1S/C22H24O7/c1-11-8-22(2,10-16-19(27)6-14(24)7-20(16)28)9-12(21(11)29)3-15-17(25)4-13(23)5-18(15)26/h4-7,9,23-29H,3,8,10H2,1-2H3. The van der Waals surface area contributed by atoms with E-state index in [0.717, 1.165) is 24.3 Å². The second-order valence-electron chi connectivity index (χ2n) is 7.91. The summed E-state index contributed by atoms with van der Waals surface area (Å²) < 4.78 is 0. The minimum atomic E-state index is -0.597. The van der Waals surface area contributed by atoms with Gasteiger partial charge in [0.15, 0.2) is 0 Å². The molecule has 0 fully saturated rings. The van der Waals surface area contributed by atoms with Gasteiger partial charge in [-0.1, -0.05) is 13.0 Å². The minimum Gasteiger partial charge on any atom is -0.508 e. The van der Waals surface area contributed by atoms with Crippen LogP contribution in [0.15, 0.2) is 47.2 Å². The van der Waals surface area contributed by atoms with E-state index in [9.17, 15) is 35.7 Å². The fraction of sp³-hybridized carbons (Fsp3) is 0.273. The molecule has 0 spiro atoms. The minimum absolute atomic E-state index is 0.0181. The molecule has 7 nitrogen and oxygen atoms in total. The largest absolute Gasteiger partial charge is 0.508 e. The molecule has 29 heavy (non-hydrogen) atoms. The van der Waals surface area contributed by atoms with E-state index >= 15 is 0 Å². The summed E-state index contributed by atoms with van der Waals surface area (Å²) in [6.07, 6.45) is 2.49. The Bertz CT molecular complexity index is 989. The first-order chi connectivity index (χ1) is 13.5. The Morgan fingerprint density at radius 3 is 1.69 bits per heavy atom. The van der Waals surface area contributed by atoms with Crippen molar-refractivity contribution in [2.45, 2.75) is 33.1 Å². The summed E-state index contributed by atoms with van der Waals surface area (Å²) in [7, 11) is 0. The maximum absolute atomic E-state index is 10.5. The van der Waals surface area contributed by atoms with E-state index in [1.54, 1.807) is 13.0 Å². The molecule has 154 valence electrons. The summed E-state index contributed by atoms with van der Waals surface area (Å²) in [4.78, 5) is 0. The molecule has 2 aromatic rings. The summed E-state index contributed by atoms with van der Waals surface area (Å²) in [6, 6.07) is 4.52. The van der Waals surface area contributed by atoms with E-state index < -0.39 is 5.41 Å². The number of aliphatic hydroxyl groups excluding tert-OH is 1. The number of hydrogen-bond acceptors (Lipinski definition) is 7. The monoisotopic (exact) mass is 400 g/mol. The summed E-state index contributed by atoms with van der Waals surface area (Å²) >= 11 is 0. The van der Waals surface area contributed by atoms with Gasteiger partial charge in [0.1, 0.15) is 40.3 Å². The van der Waals surface area contributed by atoms with Crippen molar-refractivity contribution >= 4 is 0 Å². The summed E-state index contributed by atoms with van der Waals surface area (Å²) in [5.41, 5.74) is 0.976. The van der Waals surface area contributed by atoms with Crippen LogP contribution in [-0.2, 0) is 12.8 Å². The van der Waals surface area contributed by atoms with E-state index in [4.69, 9.17) is 0 Å². The molecule has 1 aliphatic rings. The number of rotatable bonds is 4. The van der Waals surface area contributed by atoms with Gasteiger partial charge in [-0.15, -0.1) is 0 Å². The third-order valence-corrected chi connectivity index (χ3v) is 5.22. The van der Waals surface area contributed by atoms with Crippen molar-refractivity contribution in [2.75, 3.05) is 0 Å². The van der Waals surface area contributed by atoms with Gasteiger partial charge in [-0.25, -0.2) is 0 Å². The first kappa shape index (κ1) is 20.3. The highest BCUT2D eigenvalue weighted by Gasteiger charge is 2.32. The van der Waals surface area contributed by atoms with Crippen LogP contribution in [0.3, 0.4) is 0 Å². The van der Waals surface area contributed by atoms with Crippen molar-refractivity contribution in [3.63, 3.8) is 0 Å². The summed E-state index contributed by atoms with van der Waals surface area (Å²) in [5.74, 6) is -1.53. The van der Waals surface area contributed by atoms with E-state index in [-0.39, 0.29) is 64.2 Å². The van der Waals surface area contributed by atoms with Crippen LogP contribution in [-0.4, -0.2) is 35.7 Å². The van der Waals surface area contributed by atoms with Gasteiger partial charge in [0.05, 0.1) is 0 Å². The second-order valence-corrected chi connectivity index (χ2v) is 7.91. The lowest BCUT2D eigenvalue weighted by Gasteiger charge is -2.33. The smallest absolute Gasteiger partial charge is 0.126 e. The summed E-state index contributed by atoms with van der Waals surface area (Å²) in [5, 5.41) is 70.0. The van der Waals surface area contributed by atoms with Gasteiger partial charge in [0, 0.05) is 41.8 Å². The van der Waals surface area contributed by atoms with Gasteiger partial charge >= 0.3 is 0 Å². The molecule has 2 aromatic carbocycles. The van der Waals surface area contributed by atoms with Crippen LogP contribution >= 0.6 is 0 Å². The molecule has 1 aliphatic carbocycles. The number of allylic oxidation sites excluding steroid dienone is 3. The van der Waals surface area contributed by atoms with Gasteiger partial charge in [0.2, 0.25) is 0 Å². The molecule has 0 radical (unpaired) electrons. The van der Waals surface area contributed by atoms with Crippen LogP contribution in [0.25, 0.3) is 0 Å². The molecule has 0 aromatic heterocycles. The molecule has 0 bridgehead atoms. The van der Waals surface area contributed by atoms with Crippen molar-refractivity contribution in [2.24, 2.45) is 5.41 Å². The SMILES string of the molecule is CC1=C(O)C(Cc2c(O)cc(O)cc2O)=CC(C)(Cc2c(O)cc(O)cc2O)C1. The third kappa shape index (κ3) is 4.03. The molecular weight excluding hydrogens is 376 g/mol. The Morgan fingerprint density at radius 2 is 1.21 bits per heavy atom. The fourth-order valence-corrected chi connectivity index (χ4v) is 3.96. The predicted octanol–water partition coefficient (Wildman–Crippen LogP) is 3.87. The highest BCUT2D eigenvalue weighted by atomic mass is 16.3. The topological polar surface area (TPSA) is 142 Å². The number of aliphatic hydroxyl groups is 1. The lowest BCUT2D eigenvalue weighted by molar-refractivity contribution is 0.343. The fourth-order valence-electron chi connectivity index (χ4n) is 3.96. The van der Waals surface area contributed by atoms with E-state index in [1.165, 1.54) is 0 Å². The van der Waals surface area contributed by atoms with Crippen molar-refractivity contribution < 1.29 is 35.7 Å². The van der Waals surface area contributed by atoms with Gasteiger partial charge < -0.3 is 35.7 Å². The van der Waals surface area contributed by atoms with Crippen LogP contribution in [0.5, 0.6) is 34.5 Å². The lowest BCUT2D eigenvalue weighted by atomic mass is 9.72. The third-order valence-electron chi connectivity index (χ3n) is 5.22. The Balaban J connectivity index is 1.99. The highest BCUT2D eigenvalue weighted by Crippen LogP contribution is 2.45. The normalized spacial score (nSPS) is 19.3. The molecule has 0 saturated carbocycles. The average molecular weight is 400 g/mol. The zero-order valence-corrected chi connectivity index (χ0v) is 16.1. The average Bonchev–Trinajstić information content (AvgIpc) is 2.58. The quantitative estimate of drug-likeness (QED) is 0.413. The first-order valence-electron chi connectivity index (χ1n) is 9.07. The Hall–Kier alpha value is -3.48. The zero-order chi connectivity index (χ0) is 21.5. The van der Waals surface area contributed by atoms with E-state index in [1.807, 2.05) is 6.92 Å². The molecule has 0 heterocycles. The van der Waals surface area contributed by atoms with Gasteiger partial charge in [0.25, 0.3) is 0 Å². The van der Waals surface area contributed by atoms with Gasteiger partial charge in [-0.2, -0.15) is 0 Å². The molecule has 0 aliphatic heterocycles. The van der Waals surface area contributed by atoms with Crippen LogP contribution < -0.4 is 0 Å². The maximum Gasteiger partial charge on any atom is 0.126 e. The highest BCUT2D eigenvalue weighted by molar-refractivity contribution is 5.53. The zero-order valence-electron chi connectivity index (χ0n) is 16.1. The van der Waals surface area contributed by atoms with Crippen LogP contribution in [0.4, 0.5) is 0 Å². The molecular formula is C22H24O7. The Kier molecular flexibility index (Phi) is 5.00. The number of benzene rings is 2. The molecule has 7 N–H and O–H groups in total. The maximum atomic E-state index is 10.5. The Morgan fingerprint density at radius 1 is 0.759 bits per heavy atom. The van der Waals surface area contributed by atoms with Crippen molar-refractivity contribution in [3.05, 3.63) is 58.4 Å². The molecule has 0 saturated heterocycles. The van der Waals surface area contributed by atoms with Gasteiger partial charge in [-0.05, 0) is 36.3 Å². The second kappa shape index (κ2) is 7.16. The predicted molar refractivity (Wildman–Crippen MR) is 106 cm³/mol. The Labute approximate surface area is 167 Å². The summed E-state index contributed by atoms with van der Waals surface area (Å²) in [6.45, 7) is 3.65. The molecule has 7 heteroatoms. The van der Waals surface area contributed by atoms with Crippen molar-refractivity contribution in [1.29, 1.82) is 0 Å². The van der Waals surface area contributed by atoms with Crippen LogP contribution in [0.2, 0.25) is 0 Å². The number of phenols is 6. The molecule has 1 unspecified atom stereocenters. The van der Waals surface area contributed by atoms with Crippen molar-refractivity contribution in [1.82, 2.24) is 0 Å². The van der Waals surface area contributed by atoms with E-state index in [2.05, 4.69) is 0 Å². The lowest BCUT2D eigenvalue weighted by Crippen LogP contribution is -2.23. The van der Waals surface area contributed by atoms with Crippen LogP contribution in [0, 0.1) is 5.41 Å². The van der Waals surface area contributed by atoms with Crippen LogP contribution in [0.1, 0.15) is 31.4 Å².